The van der Waals surface area contributed by atoms with Crippen LogP contribution in [0.15, 0.2) is 0 Å². The SMILES string of the molecule is O=C(O)CC1CC2CCC(N2)C1C1CCC1. The smallest absolute Gasteiger partial charge is 0.303 e. The number of carboxylic acid groups (broad SMARTS) is 1. The zero-order chi connectivity index (χ0) is 11.1. The highest BCUT2D eigenvalue weighted by molar-refractivity contribution is 5.67. The van der Waals surface area contributed by atoms with Crippen LogP contribution in [0.3, 0.4) is 0 Å². The number of piperidine rings is 1. The molecular formula is C13H21NO2. The van der Waals surface area contributed by atoms with Crippen molar-refractivity contribution in [3.63, 3.8) is 0 Å². The topological polar surface area (TPSA) is 49.3 Å². The van der Waals surface area contributed by atoms with E-state index in [4.69, 9.17) is 5.11 Å². The first kappa shape index (κ1) is 10.6. The summed E-state index contributed by atoms with van der Waals surface area (Å²) in [5, 5.41) is 12.7. The van der Waals surface area contributed by atoms with Crippen molar-refractivity contribution >= 4 is 5.97 Å². The molecule has 3 heteroatoms. The van der Waals surface area contributed by atoms with E-state index in [0.717, 1.165) is 12.3 Å². The summed E-state index contributed by atoms with van der Waals surface area (Å²) < 4.78 is 0. The Labute approximate surface area is 96.6 Å². The van der Waals surface area contributed by atoms with Crippen LogP contribution >= 0.6 is 0 Å². The van der Waals surface area contributed by atoms with Crippen LogP contribution in [0.25, 0.3) is 0 Å². The fraction of sp³-hybridized carbons (Fsp3) is 0.923. The van der Waals surface area contributed by atoms with Gasteiger partial charge in [0.1, 0.15) is 0 Å². The Bertz CT molecular complexity index is 288. The van der Waals surface area contributed by atoms with Crippen LogP contribution in [0.5, 0.6) is 0 Å². The normalized spacial score (nSPS) is 43.0. The predicted molar refractivity (Wildman–Crippen MR) is 61.1 cm³/mol. The second kappa shape index (κ2) is 4.02. The molecule has 0 radical (unpaired) electrons. The zero-order valence-electron chi connectivity index (χ0n) is 9.69. The van der Waals surface area contributed by atoms with Gasteiger partial charge in [0.05, 0.1) is 0 Å². The number of carbonyl (C=O) groups is 1. The maximum atomic E-state index is 11.0. The number of fused-ring (bicyclic) bond motifs is 2. The molecule has 4 unspecified atom stereocenters. The van der Waals surface area contributed by atoms with Gasteiger partial charge in [-0.25, -0.2) is 0 Å². The Kier molecular flexibility index (Phi) is 2.66. The molecule has 0 aromatic rings. The van der Waals surface area contributed by atoms with Crippen LogP contribution in [0.1, 0.15) is 44.9 Å². The molecule has 2 N–H and O–H groups in total. The lowest BCUT2D eigenvalue weighted by Gasteiger charge is -2.45. The molecule has 90 valence electrons. The summed E-state index contributed by atoms with van der Waals surface area (Å²) in [6.07, 6.45) is 8.08. The van der Waals surface area contributed by atoms with Gasteiger partial charge in [-0.1, -0.05) is 19.3 Å². The van der Waals surface area contributed by atoms with Crippen molar-refractivity contribution in [2.24, 2.45) is 17.8 Å². The molecule has 0 aromatic heterocycles. The minimum atomic E-state index is -0.601. The van der Waals surface area contributed by atoms with Gasteiger partial charge < -0.3 is 10.4 Å². The molecular weight excluding hydrogens is 202 g/mol. The first-order chi connectivity index (χ1) is 7.74. The monoisotopic (exact) mass is 223 g/mol. The summed E-state index contributed by atoms with van der Waals surface area (Å²) in [4.78, 5) is 11.0. The van der Waals surface area contributed by atoms with Crippen LogP contribution in [0, 0.1) is 17.8 Å². The summed E-state index contributed by atoms with van der Waals surface area (Å²) in [5.74, 6) is 1.32. The molecule has 0 aromatic carbocycles. The Morgan fingerprint density at radius 2 is 2.06 bits per heavy atom. The van der Waals surface area contributed by atoms with Gasteiger partial charge in [-0.3, -0.25) is 4.79 Å². The lowest BCUT2D eigenvalue weighted by atomic mass is 9.65. The fourth-order valence-electron chi connectivity index (χ4n) is 4.17. The molecule has 1 aliphatic carbocycles. The molecule has 2 bridgehead atoms. The zero-order valence-corrected chi connectivity index (χ0v) is 9.69. The van der Waals surface area contributed by atoms with Gasteiger partial charge in [0.15, 0.2) is 0 Å². The third-order valence-electron chi connectivity index (χ3n) is 5.00. The highest BCUT2D eigenvalue weighted by Crippen LogP contribution is 2.47. The maximum Gasteiger partial charge on any atom is 0.303 e. The van der Waals surface area contributed by atoms with Gasteiger partial charge in [0.25, 0.3) is 0 Å². The summed E-state index contributed by atoms with van der Waals surface area (Å²) in [6.45, 7) is 0. The van der Waals surface area contributed by atoms with Crippen molar-refractivity contribution in [1.29, 1.82) is 0 Å². The summed E-state index contributed by atoms with van der Waals surface area (Å²) in [7, 11) is 0. The number of rotatable bonds is 3. The van der Waals surface area contributed by atoms with Crippen molar-refractivity contribution in [2.45, 2.75) is 57.0 Å². The maximum absolute atomic E-state index is 11.0. The van der Waals surface area contributed by atoms with E-state index in [1.807, 2.05) is 0 Å². The van der Waals surface area contributed by atoms with Crippen LogP contribution in [0.4, 0.5) is 0 Å². The average molecular weight is 223 g/mol. The number of carboxylic acids is 1. The predicted octanol–water partition coefficient (Wildman–Crippen LogP) is 2.02. The van der Waals surface area contributed by atoms with E-state index in [9.17, 15) is 4.79 Å². The van der Waals surface area contributed by atoms with E-state index in [0.29, 0.717) is 30.3 Å². The molecule has 2 saturated heterocycles. The van der Waals surface area contributed by atoms with E-state index < -0.39 is 5.97 Å². The van der Waals surface area contributed by atoms with Crippen molar-refractivity contribution in [3.8, 4) is 0 Å². The van der Waals surface area contributed by atoms with Gasteiger partial charge in [0.2, 0.25) is 0 Å². The molecule has 3 rings (SSSR count). The molecule has 4 atom stereocenters. The van der Waals surface area contributed by atoms with Crippen LogP contribution in [-0.2, 0) is 4.79 Å². The standard InChI is InChI=1S/C13H21NO2/c15-12(16)7-9-6-10-4-5-11(14-10)13(9)8-2-1-3-8/h8-11,13-14H,1-7H2,(H,15,16). The van der Waals surface area contributed by atoms with Crippen molar-refractivity contribution in [2.75, 3.05) is 0 Å². The Morgan fingerprint density at radius 3 is 2.69 bits per heavy atom. The Hall–Kier alpha value is -0.570. The van der Waals surface area contributed by atoms with Gasteiger partial charge in [-0.05, 0) is 37.0 Å². The summed E-state index contributed by atoms with van der Waals surface area (Å²) >= 11 is 0. The second-order valence-electron chi connectivity index (χ2n) is 5.91. The van der Waals surface area contributed by atoms with Gasteiger partial charge in [-0.2, -0.15) is 0 Å². The Balaban J connectivity index is 1.74. The molecule has 2 heterocycles. The quantitative estimate of drug-likeness (QED) is 0.769. The van der Waals surface area contributed by atoms with E-state index >= 15 is 0 Å². The largest absolute Gasteiger partial charge is 0.481 e. The molecule has 0 spiro atoms. The fourth-order valence-corrected chi connectivity index (χ4v) is 4.17. The molecule has 3 fully saturated rings. The van der Waals surface area contributed by atoms with E-state index in [-0.39, 0.29) is 0 Å². The average Bonchev–Trinajstić information content (AvgIpc) is 2.51. The number of nitrogens with one attached hydrogen (secondary N) is 1. The van der Waals surface area contributed by atoms with E-state index in [1.54, 1.807) is 0 Å². The molecule has 3 nitrogen and oxygen atoms in total. The van der Waals surface area contributed by atoms with Crippen molar-refractivity contribution < 1.29 is 9.90 Å². The van der Waals surface area contributed by atoms with Crippen LogP contribution < -0.4 is 5.32 Å². The molecule has 2 aliphatic heterocycles. The second-order valence-corrected chi connectivity index (χ2v) is 5.91. The Morgan fingerprint density at radius 1 is 1.25 bits per heavy atom. The number of hydrogen-bond acceptors (Lipinski definition) is 2. The van der Waals surface area contributed by atoms with Crippen LogP contribution in [-0.4, -0.2) is 23.2 Å². The lowest BCUT2D eigenvalue weighted by Crippen LogP contribution is -2.50. The van der Waals surface area contributed by atoms with Gasteiger partial charge in [0, 0.05) is 18.5 Å². The lowest BCUT2D eigenvalue weighted by molar-refractivity contribution is -0.139. The van der Waals surface area contributed by atoms with Crippen molar-refractivity contribution in [1.82, 2.24) is 5.32 Å². The molecule has 0 amide bonds. The molecule has 16 heavy (non-hydrogen) atoms. The van der Waals surface area contributed by atoms with E-state index in [2.05, 4.69) is 5.32 Å². The van der Waals surface area contributed by atoms with Crippen molar-refractivity contribution in [3.05, 3.63) is 0 Å². The highest BCUT2D eigenvalue weighted by Gasteiger charge is 2.46. The van der Waals surface area contributed by atoms with Gasteiger partial charge in [-0.15, -0.1) is 0 Å². The van der Waals surface area contributed by atoms with Gasteiger partial charge >= 0.3 is 5.97 Å². The third kappa shape index (κ3) is 1.75. The third-order valence-corrected chi connectivity index (χ3v) is 5.00. The minimum absolute atomic E-state index is 0.399. The summed E-state index contributed by atoms with van der Waals surface area (Å²) in [6, 6.07) is 1.25. The number of aliphatic carboxylic acids is 1. The number of hydrogen-bond donors (Lipinski definition) is 2. The summed E-state index contributed by atoms with van der Waals surface area (Å²) in [5.41, 5.74) is 0. The molecule has 1 saturated carbocycles. The first-order valence-corrected chi connectivity index (χ1v) is 6.72. The van der Waals surface area contributed by atoms with Crippen LogP contribution in [0.2, 0.25) is 0 Å². The molecule has 3 aliphatic rings. The highest BCUT2D eigenvalue weighted by atomic mass is 16.4. The first-order valence-electron chi connectivity index (χ1n) is 6.72. The van der Waals surface area contributed by atoms with E-state index in [1.165, 1.54) is 32.1 Å². The minimum Gasteiger partial charge on any atom is -0.481 e.